The Hall–Kier alpha value is -12.0. The minimum absolute atomic E-state index is 0. The van der Waals surface area contributed by atoms with Crippen LogP contribution in [0.25, 0.3) is 117 Å². The van der Waals surface area contributed by atoms with Crippen molar-refractivity contribution in [1.29, 1.82) is 0 Å². The zero-order valence-electron chi connectivity index (χ0n) is 65.8. The summed E-state index contributed by atoms with van der Waals surface area (Å²) in [5.74, 6) is 0. The molecule has 0 aliphatic carbocycles. The summed E-state index contributed by atoms with van der Waals surface area (Å²) in [5, 5.41) is 27.1. The first-order chi connectivity index (χ1) is 55.1. The number of thiazole rings is 1. The van der Waals surface area contributed by atoms with Crippen molar-refractivity contribution in [2.45, 2.75) is 69.2 Å². The van der Waals surface area contributed by atoms with Gasteiger partial charge in [-0.05, 0) is 162 Å². The Balaban J connectivity index is 0.000000141. The van der Waals surface area contributed by atoms with Crippen LogP contribution in [0.5, 0.6) is 0 Å². The number of aromatic nitrogens is 11. The Morgan fingerprint density at radius 3 is 1.12 bits per heavy atom. The molecule has 0 amide bonds. The minimum atomic E-state index is 0. The van der Waals surface area contributed by atoms with Crippen LogP contribution in [0.4, 0.5) is 0 Å². The van der Waals surface area contributed by atoms with Gasteiger partial charge in [-0.15, -0.1) is 82.9 Å². The molecule has 0 aliphatic rings. The van der Waals surface area contributed by atoms with E-state index < -0.39 is 0 Å². The van der Waals surface area contributed by atoms with Crippen molar-refractivity contribution in [3.63, 3.8) is 0 Å². The predicted octanol–water partition coefficient (Wildman–Crippen LogP) is 24.3. The minimum Gasteiger partial charge on any atom is -0.456 e. The van der Waals surface area contributed by atoms with Gasteiger partial charge < -0.3 is 4.42 Å². The number of rotatable bonds is 11. The molecule has 16 heteroatoms. The molecule has 0 atom stereocenters. The molecule has 12 nitrogen and oxygen atoms in total. The van der Waals surface area contributed by atoms with E-state index in [1.54, 1.807) is 39.3 Å². The quantitative estimate of drug-likeness (QED) is 0.0935. The van der Waals surface area contributed by atoms with Crippen LogP contribution in [0.1, 0.15) is 56.4 Å². The summed E-state index contributed by atoms with van der Waals surface area (Å²) in [6.07, 6.45) is 9.12. The summed E-state index contributed by atoms with van der Waals surface area (Å²) in [4.78, 5) is 4.17. The summed E-state index contributed by atoms with van der Waals surface area (Å²) in [6.45, 7) is 20.9. The van der Waals surface area contributed by atoms with Crippen LogP contribution in [0.3, 0.4) is 0 Å². The van der Waals surface area contributed by atoms with Crippen molar-refractivity contribution < 1.29 is 62.9 Å². The number of aryl methyl sites for hydroxylation is 10. The van der Waals surface area contributed by atoms with Crippen LogP contribution < -0.4 is 0 Å². The number of hydrogen-bond acceptors (Lipinski definition) is 8. The average Bonchev–Trinajstić information content (AvgIpc) is 1.62. The van der Waals surface area contributed by atoms with Gasteiger partial charge in [-0.1, -0.05) is 154 Å². The van der Waals surface area contributed by atoms with Gasteiger partial charge in [0.05, 0.1) is 17.1 Å². The molecule has 0 spiro atoms. The van der Waals surface area contributed by atoms with E-state index in [1.165, 1.54) is 66.8 Å². The number of fused-ring (bicyclic) bond motifs is 3. The molecule has 0 aliphatic heterocycles. The molecule has 19 rings (SSSR count). The van der Waals surface area contributed by atoms with Gasteiger partial charge in [0, 0.05) is 69.2 Å². The smallest absolute Gasteiger partial charge is 0.456 e. The molecule has 0 unspecified atom stereocenters. The molecule has 7 aromatic heterocycles. The van der Waals surface area contributed by atoms with Gasteiger partial charge in [0.2, 0.25) is 0 Å². The molecular formula is C100H83N11ORh3S. The zero-order valence-corrected chi connectivity index (χ0v) is 71.6. The maximum Gasteiger partial charge on any atom is 2.00 e. The maximum absolute atomic E-state index is 5.97. The Morgan fingerprint density at radius 1 is 0.310 bits per heavy atom. The fraction of sp³-hybridized carbons (Fsp3) is 0.100. The van der Waals surface area contributed by atoms with Crippen molar-refractivity contribution >= 4 is 33.3 Å². The monoisotopic (exact) mass is 1790 g/mol. The molecule has 0 N–H and O–H groups in total. The third-order valence-electron chi connectivity index (χ3n) is 18.9. The Labute approximate surface area is 722 Å². The Morgan fingerprint density at radius 2 is 0.716 bits per heavy atom. The first kappa shape index (κ1) is 84.9. The van der Waals surface area contributed by atoms with Crippen molar-refractivity contribution in [3.8, 4) is 94.6 Å². The fourth-order valence-electron chi connectivity index (χ4n) is 13.8. The van der Waals surface area contributed by atoms with E-state index in [1.807, 2.05) is 175 Å². The molecular weight excluding hydrogens is 1710 g/mol. The third-order valence-corrected chi connectivity index (χ3v) is 19.7. The summed E-state index contributed by atoms with van der Waals surface area (Å²) < 4.78 is 15.3. The first-order valence-electron chi connectivity index (χ1n) is 37.4. The van der Waals surface area contributed by atoms with Crippen LogP contribution in [-0.4, -0.2) is 53.9 Å². The molecule has 19 aromatic rings. The molecule has 116 heavy (non-hydrogen) atoms. The average molecular weight is 1800 g/mol. The SMILES string of the molecule is Cc1cc(C)n(-c2[c-]cc(-c3c(C)cc(-c4ccccc4)cc3C)cc2)n1.Cc1cc(C)n(-c2[c-]cc(-c3c(C)cc(-c4ccccc4)cc3C)cc2)n1.Cc1cc(C)n(-c2[c-]cccc2)n1.[Rh+2].[Rh+2].[Rh+2].[c-]1cc(-c2ccc3c(c2)oc2ccccc23)ccc1-n1cccn1.[c-]1ccccc1-c1nccs1.[c-]1ccccc1-n1cccn1. The molecule has 7 heterocycles. The summed E-state index contributed by atoms with van der Waals surface area (Å²) in [5.41, 5.74) is 31.5. The fourth-order valence-corrected chi connectivity index (χ4v) is 14.5. The van der Waals surface area contributed by atoms with E-state index in [0.29, 0.717) is 0 Å². The normalized spacial score (nSPS) is 10.5. The van der Waals surface area contributed by atoms with Crippen LogP contribution in [0.2, 0.25) is 0 Å². The molecule has 0 saturated heterocycles. The van der Waals surface area contributed by atoms with Gasteiger partial charge in [0.15, 0.2) is 0 Å². The Bertz CT molecular complexity index is 5950. The maximum atomic E-state index is 5.97. The van der Waals surface area contributed by atoms with E-state index in [0.717, 1.165) is 106 Å². The number of nitrogens with zero attached hydrogens (tertiary/aromatic N) is 11. The summed E-state index contributed by atoms with van der Waals surface area (Å²) in [7, 11) is 0. The standard InChI is InChI=1S/2C25H23N2.C21H13N2O.C11H11N2.C9H7N2.C9H6NS.3Rh/c2*1-17-14-23(21-8-6-5-7-9-21)15-18(2)25(17)22-10-12-24(13-11-22)27-20(4)16-19(3)26-27;1-2-5-20-18(4-1)19-11-8-16(14-21(19)24-20)15-6-9-17(10-7-15)23-13-3-12-22-23;1-9-8-10(2)13(12-9)11-6-4-3-5-7-11;1-2-5-9(6-3-1)11-8-4-7-10-11;1-2-4-8(5-3-1)9-10-6-7-11-9;;;/h2*5-12,14-16H,1-4H3;1-9,11-14H;3-6,8H,1-2H3;1-5,7-8H;1-4,6-7H;;;/q6*-1;3*+2. The van der Waals surface area contributed by atoms with Gasteiger partial charge in [0.1, 0.15) is 11.2 Å². The molecule has 0 bridgehead atoms. The molecule has 0 saturated carbocycles. The largest absolute Gasteiger partial charge is 2.00 e. The number of para-hydroxylation sites is 3. The molecule has 577 valence electrons. The topological polar surface area (TPSA) is 115 Å². The van der Waals surface area contributed by atoms with E-state index in [9.17, 15) is 0 Å². The second kappa shape index (κ2) is 40.3. The van der Waals surface area contributed by atoms with Crippen LogP contribution in [0, 0.1) is 106 Å². The van der Waals surface area contributed by atoms with Gasteiger partial charge in [-0.3, -0.25) is 28.4 Å². The summed E-state index contributed by atoms with van der Waals surface area (Å²) in [6, 6.07) is 116. The first-order valence-corrected chi connectivity index (χ1v) is 38.2. The number of hydrogen-bond donors (Lipinski definition) is 0. The van der Waals surface area contributed by atoms with E-state index in [2.05, 4.69) is 278 Å². The van der Waals surface area contributed by atoms with Crippen molar-refractivity contribution in [2.75, 3.05) is 0 Å². The van der Waals surface area contributed by atoms with Gasteiger partial charge in [-0.2, -0.15) is 140 Å². The Kier molecular flexibility index (Phi) is 29.5. The van der Waals surface area contributed by atoms with Crippen LogP contribution >= 0.6 is 11.3 Å². The van der Waals surface area contributed by atoms with E-state index in [-0.39, 0.29) is 58.4 Å². The molecule has 12 aromatic carbocycles. The number of furan rings is 1. The summed E-state index contributed by atoms with van der Waals surface area (Å²) >= 11 is 1.63. The van der Waals surface area contributed by atoms with Gasteiger partial charge >= 0.3 is 58.4 Å². The van der Waals surface area contributed by atoms with E-state index >= 15 is 0 Å². The van der Waals surface area contributed by atoms with Crippen molar-refractivity contribution in [1.82, 2.24) is 53.9 Å². The zero-order chi connectivity index (χ0) is 78.2. The third kappa shape index (κ3) is 20.9. The predicted molar refractivity (Wildman–Crippen MR) is 460 cm³/mol. The van der Waals surface area contributed by atoms with E-state index in [4.69, 9.17) is 4.42 Å². The van der Waals surface area contributed by atoms with Crippen LogP contribution in [-0.2, 0) is 58.4 Å². The molecule has 3 radical (unpaired) electrons. The second-order valence-corrected chi connectivity index (χ2v) is 28.3. The van der Waals surface area contributed by atoms with Crippen molar-refractivity contribution in [3.05, 3.63) is 414 Å². The second-order valence-electron chi connectivity index (χ2n) is 27.4. The van der Waals surface area contributed by atoms with Gasteiger partial charge in [-0.25, -0.2) is 0 Å². The number of benzene rings is 12. The van der Waals surface area contributed by atoms with Gasteiger partial charge in [0.25, 0.3) is 0 Å². The van der Waals surface area contributed by atoms with Crippen LogP contribution in [0.15, 0.2) is 326 Å². The van der Waals surface area contributed by atoms with Crippen molar-refractivity contribution in [2.24, 2.45) is 0 Å². The molecule has 0 fully saturated rings.